The smallest absolute Gasteiger partial charge is 0.0769 e. The Morgan fingerprint density at radius 1 is 1.53 bits per heavy atom. The number of rotatable bonds is 3. The third kappa shape index (κ3) is 2.51. The summed E-state index contributed by atoms with van der Waals surface area (Å²) < 4.78 is 0. The number of nitriles is 1. The van der Waals surface area contributed by atoms with Crippen LogP contribution in [0.4, 0.5) is 0 Å². The van der Waals surface area contributed by atoms with Gasteiger partial charge in [0, 0.05) is 18.8 Å². The van der Waals surface area contributed by atoms with Gasteiger partial charge in [-0.25, -0.2) is 0 Å². The molecule has 1 heterocycles. The first-order chi connectivity index (χ1) is 7.40. The summed E-state index contributed by atoms with van der Waals surface area (Å²) in [5.41, 5.74) is 0.932. The first-order valence-electron chi connectivity index (χ1n) is 5.30. The summed E-state index contributed by atoms with van der Waals surface area (Å²) >= 11 is 0. The molecule has 4 nitrogen and oxygen atoms in total. The van der Waals surface area contributed by atoms with Crippen molar-refractivity contribution in [2.75, 3.05) is 0 Å². The average Bonchev–Trinajstić information content (AvgIpc) is 2.75. The van der Waals surface area contributed by atoms with Crippen molar-refractivity contribution >= 4 is 0 Å². The molecule has 1 fully saturated rings. The van der Waals surface area contributed by atoms with Gasteiger partial charge in [-0.2, -0.15) is 15.5 Å². The zero-order valence-electron chi connectivity index (χ0n) is 8.56. The predicted octanol–water partition coefficient (Wildman–Crippen LogP) is 1.26. The van der Waals surface area contributed by atoms with Crippen LogP contribution >= 0.6 is 0 Å². The van der Waals surface area contributed by atoms with Crippen LogP contribution in [0.25, 0.3) is 0 Å². The summed E-state index contributed by atoms with van der Waals surface area (Å²) in [6, 6.07) is 6.50. The Bertz CT molecular complexity index is 343. The number of hydrogen-bond acceptors (Lipinski definition) is 4. The molecule has 0 aromatic carbocycles. The van der Waals surface area contributed by atoms with Gasteiger partial charge < -0.3 is 5.32 Å². The van der Waals surface area contributed by atoms with Gasteiger partial charge in [-0.05, 0) is 25.0 Å². The van der Waals surface area contributed by atoms with Crippen LogP contribution in [0.3, 0.4) is 0 Å². The fourth-order valence-electron chi connectivity index (χ4n) is 2.02. The van der Waals surface area contributed by atoms with Gasteiger partial charge in [-0.1, -0.05) is 6.42 Å². The van der Waals surface area contributed by atoms with E-state index in [1.165, 1.54) is 0 Å². The first-order valence-corrected chi connectivity index (χ1v) is 5.30. The van der Waals surface area contributed by atoms with Crippen molar-refractivity contribution in [1.82, 2.24) is 15.5 Å². The van der Waals surface area contributed by atoms with E-state index in [0.29, 0.717) is 12.6 Å². The standard InChI is InChI=1S/C11H14N4/c12-7-9-3-1-5-11(9)13-8-10-4-2-6-14-15-10/h2,4,6,9,11,13H,1,3,5,8H2. The normalized spacial score (nSPS) is 25.0. The second kappa shape index (κ2) is 4.85. The minimum Gasteiger partial charge on any atom is -0.307 e. The molecule has 1 saturated carbocycles. The summed E-state index contributed by atoms with van der Waals surface area (Å²) in [7, 11) is 0. The first kappa shape index (κ1) is 10.1. The van der Waals surface area contributed by atoms with Gasteiger partial charge >= 0.3 is 0 Å². The Morgan fingerprint density at radius 3 is 3.20 bits per heavy atom. The van der Waals surface area contributed by atoms with Gasteiger partial charge in [0.1, 0.15) is 0 Å². The molecule has 0 aliphatic heterocycles. The third-order valence-electron chi connectivity index (χ3n) is 2.85. The van der Waals surface area contributed by atoms with Gasteiger partial charge in [0.2, 0.25) is 0 Å². The second-order valence-corrected chi connectivity index (χ2v) is 3.87. The van der Waals surface area contributed by atoms with Gasteiger partial charge in [0.05, 0.1) is 17.7 Å². The van der Waals surface area contributed by atoms with Crippen molar-refractivity contribution in [3.8, 4) is 6.07 Å². The molecule has 1 aliphatic carbocycles. The molecule has 2 unspecified atom stereocenters. The molecule has 0 amide bonds. The Labute approximate surface area is 89.3 Å². The van der Waals surface area contributed by atoms with Crippen molar-refractivity contribution < 1.29 is 0 Å². The van der Waals surface area contributed by atoms with Crippen LogP contribution < -0.4 is 5.32 Å². The molecule has 78 valence electrons. The van der Waals surface area contributed by atoms with E-state index in [4.69, 9.17) is 5.26 Å². The highest BCUT2D eigenvalue weighted by Gasteiger charge is 2.26. The zero-order chi connectivity index (χ0) is 10.5. The van der Waals surface area contributed by atoms with Crippen molar-refractivity contribution in [2.24, 2.45) is 5.92 Å². The van der Waals surface area contributed by atoms with E-state index >= 15 is 0 Å². The Balaban J connectivity index is 1.86. The third-order valence-corrected chi connectivity index (χ3v) is 2.85. The Hall–Kier alpha value is -1.47. The number of hydrogen-bond donors (Lipinski definition) is 1. The Morgan fingerprint density at radius 2 is 2.47 bits per heavy atom. The van der Waals surface area contributed by atoms with Crippen LogP contribution in [-0.4, -0.2) is 16.2 Å². The molecule has 2 atom stereocenters. The molecular formula is C11H14N4. The molecule has 1 N–H and O–H groups in total. The zero-order valence-corrected chi connectivity index (χ0v) is 8.56. The summed E-state index contributed by atoms with van der Waals surface area (Å²) in [6.45, 7) is 0.705. The highest BCUT2D eigenvalue weighted by Crippen LogP contribution is 2.24. The van der Waals surface area contributed by atoms with Crippen LogP contribution in [0.15, 0.2) is 18.3 Å². The molecule has 2 rings (SSSR count). The van der Waals surface area contributed by atoms with Crippen molar-refractivity contribution in [3.63, 3.8) is 0 Å². The lowest BCUT2D eigenvalue weighted by molar-refractivity contribution is 0.460. The lowest BCUT2D eigenvalue weighted by atomic mass is 10.1. The average molecular weight is 202 g/mol. The van der Waals surface area contributed by atoms with Gasteiger partial charge in [-0.15, -0.1) is 0 Å². The maximum Gasteiger partial charge on any atom is 0.0769 e. The maximum atomic E-state index is 8.92. The second-order valence-electron chi connectivity index (χ2n) is 3.87. The van der Waals surface area contributed by atoms with E-state index in [1.54, 1.807) is 6.20 Å². The predicted molar refractivity (Wildman–Crippen MR) is 55.6 cm³/mol. The minimum atomic E-state index is 0.168. The molecule has 0 radical (unpaired) electrons. The molecule has 0 bridgehead atoms. The number of nitrogens with one attached hydrogen (secondary N) is 1. The molecule has 1 aromatic rings. The van der Waals surface area contributed by atoms with Crippen LogP contribution in [0, 0.1) is 17.2 Å². The van der Waals surface area contributed by atoms with E-state index in [-0.39, 0.29) is 5.92 Å². The van der Waals surface area contributed by atoms with E-state index in [0.717, 1.165) is 25.0 Å². The van der Waals surface area contributed by atoms with Gasteiger partial charge in [0.25, 0.3) is 0 Å². The van der Waals surface area contributed by atoms with Crippen molar-refractivity contribution in [3.05, 3.63) is 24.0 Å². The largest absolute Gasteiger partial charge is 0.307 e. The molecule has 4 heteroatoms. The highest BCUT2D eigenvalue weighted by molar-refractivity contribution is 5.01. The molecule has 0 spiro atoms. The number of aromatic nitrogens is 2. The fourth-order valence-corrected chi connectivity index (χ4v) is 2.02. The maximum absolute atomic E-state index is 8.92. The Kier molecular flexibility index (Phi) is 3.25. The monoisotopic (exact) mass is 202 g/mol. The van der Waals surface area contributed by atoms with E-state index < -0.39 is 0 Å². The van der Waals surface area contributed by atoms with E-state index in [2.05, 4.69) is 21.6 Å². The van der Waals surface area contributed by atoms with Gasteiger partial charge in [0.15, 0.2) is 0 Å². The summed E-state index contributed by atoms with van der Waals surface area (Å²) in [6.07, 6.45) is 4.93. The van der Waals surface area contributed by atoms with E-state index in [1.807, 2.05) is 12.1 Å². The quantitative estimate of drug-likeness (QED) is 0.801. The van der Waals surface area contributed by atoms with Crippen LogP contribution in [0.5, 0.6) is 0 Å². The van der Waals surface area contributed by atoms with Crippen molar-refractivity contribution in [2.45, 2.75) is 31.8 Å². The molecule has 1 aliphatic rings. The molecular weight excluding hydrogens is 188 g/mol. The van der Waals surface area contributed by atoms with E-state index in [9.17, 15) is 0 Å². The highest BCUT2D eigenvalue weighted by atomic mass is 15.1. The number of nitrogens with zero attached hydrogens (tertiary/aromatic N) is 3. The fraction of sp³-hybridized carbons (Fsp3) is 0.545. The van der Waals surface area contributed by atoms with Crippen LogP contribution in [-0.2, 0) is 6.54 Å². The molecule has 1 aromatic heterocycles. The topological polar surface area (TPSA) is 61.6 Å². The SMILES string of the molecule is N#CC1CCCC1NCc1cccnn1. The molecule has 0 saturated heterocycles. The summed E-state index contributed by atoms with van der Waals surface area (Å²) in [4.78, 5) is 0. The minimum absolute atomic E-state index is 0.168. The van der Waals surface area contributed by atoms with Crippen molar-refractivity contribution in [1.29, 1.82) is 5.26 Å². The summed E-state index contributed by atoms with van der Waals surface area (Å²) in [5.74, 6) is 0.168. The molecule has 15 heavy (non-hydrogen) atoms. The van der Waals surface area contributed by atoms with Crippen LogP contribution in [0.1, 0.15) is 25.0 Å². The van der Waals surface area contributed by atoms with Crippen LogP contribution in [0.2, 0.25) is 0 Å². The van der Waals surface area contributed by atoms with Gasteiger partial charge in [-0.3, -0.25) is 0 Å². The lowest BCUT2D eigenvalue weighted by Gasteiger charge is -2.14. The lowest BCUT2D eigenvalue weighted by Crippen LogP contribution is -2.31. The summed E-state index contributed by atoms with van der Waals surface area (Å²) in [5, 5.41) is 20.1.